The number of hydrogen-bond acceptors (Lipinski definition) is 6. The number of anilines is 1. The minimum Gasteiger partial charge on any atom is -0.490 e. The molecule has 0 radical (unpaired) electrons. The first kappa shape index (κ1) is 23.2. The van der Waals surface area contributed by atoms with Crippen LogP contribution in [0.25, 0.3) is 0 Å². The highest BCUT2D eigenvalue weighted by Gasteiger charge is 2.15. The summed E-state index contributed by atoms with van der Waals surface area (Å²) < 4.78 is 11.0. The van der Waals surface area contributed by atoms with Crippen molar-refractivity contribution in [1.29, 1.82) is 0 Å². The summed E-state index contributed by atoms with van der Waals surface area (Å²) >= 11 is 0. The summed E-state index contributed by atoms with van der Waals surface area (Å²) in [6.45, 7) is 3.98. The molecule has 0 saturated heterocycles. The van der Waals surface area contributed by atoms with E-state index in [4.69, 9.17) is 9.47 Å². The number of rotatable bonds is 7. The molecule has 0 unspecified atom stereocenters. The van der Waals surface area contributed by atoms with Gasteiger partial charge < -0.3 is 14.8 Å². The van der Waals surface area contributed by atoms with Crippen molar-refractivity contribution >= 4 is 29.7 Å². The Kier molecular flexibility index (Phi) is 7.91. The summed E-state index contributed by atoms with van der Waals surface area (Å²) in [5.74, 6) is -1.66. The van der Waals surface area contributed by atoms with Crippen LogP contribution in [0.15, 0.2) is 77.9 Å². The monoisotopic (exact) mass is 445 g/mol. The topological polar surface area (TPSA) is 106 Å². The smallest absolute Gasteiger partial charge is 0.343 e. The fraction of sp³-hybridized carbons (Fsp3) is 0.120. The third kappa shape index (κ3) is 6.51. The van der Waals surface area contributed by atoms with E-state index in [1.54, 1.807) is 61.5 Å². The normalized spacial score (nSPS) is 10.5. The van der Waals surface area contributed by atoms with Gasteiger partial charge in [-0.15, -0.1) is 0 Å². The summed E-state index contributed by atoms with van der Waals surface area (Å²) in [4.78, 5) is 36.4. The molecule has 0 saturated carbocycles. The van der Waals surface area contributed by atoms with Crippen molar-refractivity contribution in [2.75, 3.05) is 11.9 Å². The van der Waals surface area contributed by atoms with Crippen molar-refractivity contribution < 1.29 is 23.9 Å². The second kappa shape index (κ2) is 11.2. The molecular weight excluding hydrogens is 422 g/mol. The second-order valence-corrected chi connectivity index (χ2v) is 6.86. The summed E-state index contributed by atoms with van der Waals surface area (Å²) in [6.07, 6.45) is 1.35. The molecule has 33 heavy (non-hydrogen) atoms. The van der Waals surface area contributed by atoms with E-state index in [2.05, 4.69) is 15.8 Å². The zero-order valence-electron chi connectivity index (χ0n) is 18.2. The van der Waals surface area contributed by atoms with Crippen molar-refractivity contribution in [2.24, 2.45) is 5.10 Å². The Morgan fingerprint density at radius 2 is 1.64 bits per heavy atom. The standard InChI is InChI=1S/C25H23N3O5/c1-3-32-22-15-18(13-14-21(22)33-25(31)19-10-5-4-6-11-19)16-26-28-24(30)23(29)27-20-12-8-7-9-17(20)2/h4-16H,3H2,1-2H3,(H,27,29)(H,28,30)/b26-16+. The zero-order chi connectivity index (χ0) is 23.6. The van der Waals surface area contributed by atoms with Gasteiger partial charge in [-0.25, -0.2) is 10.2 Å². The number of para-hydroxylation sites is 1. The van der Waals surface area contributed by atoms with Crippen LogP contribution in [-0.4, -0.2) is 30.6 Å². The maximum Gasteiger partial charge on any atom is 0.343 e. The number of nitrogens with one attached hydrogen (secondary N) is 2. The number of esters is 1. The van der Waals surface area contributed by atoms with Crippen LogP contribution < -0.4 is 20.2 Å². The van der Waals surface area contributed by atoms with Crippen LogP contribution in [0.3, 0.4) is 0 Å². The number of carbonyl (C=O) groups excluding carboxylic acids is 3. The number of amides is 2. The van der Waals surface area contributed by atoms with Crippen molar-refractivity contribution in [3.8, 4) is 11.5 Å². The van der Waals surface area contributed by atoms with Crippen LogP contribution in [-0.2, 0) is 9.59 Å². The van der Waals surface area contributed by atoms with E-state index in [9.17, 15) is 14.4 Å². The van der Waals surface area contributed by atoms with Gasteiger partial charge in [0.15, 0.2) is 11.5 Å². The first-order valence-electron chi connectivity index (χ1n) is 10.2. The number of aryl methyl sites for hydroxylation is 1. The minimum absolute atomic E-state index is 0.254. The van der Waals surface area contributed by atoms with Gasteiger partial charge in [-0.2, -0.15) is 5.10 Å². The van der Waals surface area contributed by atoms with Gasteiger partial charge in [-0.05, 0) is 61.4 Å². The highest BCUT2D eigenvalue weighted by Crippen LogP contribution is 2.29. The van der Waals surface area contributed by atoms with E-state index in [0.717, 1.165) is 5.56 Å². The van der Waals surface area contributed by atoms with Crippen LogP contribution >= 0.6 is 0 Å². The number of carbonyl (C=O) groups is 3. The molecule has 2 N–H and O–H groups in total. The summed E-state index contributed by atoms with van der Waals surface area (Å²) in [7, 11) is 0. The van der Waals surface area contributed by atoms with E-state index >= 15 is 0 Å². The lowest BCUT2D eigenvalue weighted by Crippen LogP contribution is -2.32. The second-order valence-electron chi connectivity index (χ2n) is 6.86. The van der Waals surface area contributed by atoms with E-state index in [1.165, 1.54) is 6.21 Å². The van der Waals surface area contributed by atoms with E-state index < -0.39 is 17.8 Å². The van der Waals surface area contributed by atoms with Gasteiger partial charge in [0.25, 0.3) is 0 Å². The van der Waals surface area contributed by atoms with E-state index in [1.807, 2.05) is 25.1 Å². The Balaban J connectivity index is 1.63. The Morgan fingerprint density at radius 3 is 2.36 bits per heavy atom. The predicted octanol–water partition coefficient (Wildman–Crippen LogP) is 3.70. The summed E-state index contributed by atoms with van der Waals surface area (Å²) in [6, 6.07) is 20.5. The first-order valence-corrected chi connectivity index (χ1v) is 10.2. The number of hydrogen-bond donors (Lipinski definition) is 2. The summed E-state index contributed by atoms with van der Waals surface area (Å²) in [5, 5.41) is 6.35. The molecule has 0 aliphatic rings. The number of ether oxygens (including phenoxy) is 2. The van der Waals surface area contributed by atoms with Crippen molar-refractivity contribution in [2.45, 2.75) is 13.8 Å². The van der Waals surface area contributed by atoms with Crippen molar-refractivity contribution in [1.82, 2.24) is 5.43 Å². The average molecular weight is 445 g/mol. The van der Waals surface area contributed by atoms with Crippen molar-refractivity contribution in [3.63, 3.8) is 0 Å². The molecule has 0 atom stereocenters. The SMILES string of the molecule is CCOc1cc(/C=N/NC(=O)C(=O)Nc2ccccc2C)ccc1OC(=O)c1ccccc1. The highest BCUT2D eigenvalue weighted by molar-refractivity contribution is 6.39. The number of nitrogens with zero attached hydrogens (tertiary/aromatic N) is 1. The Labute approximate surface area is 191 Å². The first-order chi connectivity index (χ1) is 16.0. The quantitative estimate of drug-likeness (QED) is 0.190. The lowest BCUT2D eigenvalue weighted by atomic mass is 10.2. The van der Waals surface area contributed by atoms with Crippen molar-refractivity contribution in [3.05, 3.63) is 89.5 Å². The third-order valence-corrected chi connectivity index (χ3v) is 4.46. The van der Waals surface area contributed by atoms with Gasteiger partial charge in [-0.1, -0.05) is 36.4 Å². The average Bonchev–Trinajstić information content (AvgIpc) is 2.82. The molecule has 3 rings (SSSR count). The maximum absolute atomic E-state index is 12.3. The molecule has 0 fully saturated rings. The van der Waals surface area contributed by atoms with Crippen LogP contribution in [0.2, 0.25) is 0 Å². The molecule has 0 spiro atoms. The zero-order valence-corrected chi connectivity index (χ0v) is 18.2. The van der Waals surface area contributed by atoms with Crippen LogP contribution in [0.1, 0.15) is 28.4 Å². The lowest BCUT2D eigenvalue weighted by molar-refractivity contribution is -0.136. The van der Waals surface area contributed by atoms with Gasteiger partial charge in [0, 0.05) is 5.69 Å². The van der Waals surface area contributed by atoms with Crippen LogP contribution in [0, 0.1) is 6.92 Å². The largest absolute Gasteiger partial charge is 0.490 e. The van der Waals surface area contributed by atoms with Gasteiger partial charge in [0.05, 0.1) is 18.4 Å². The lowest BCUT2D eigenvalue weighted by Gasteiger charge is -2.11. The summed E-state index contributed by atoms with van der Waals surface area (Å²) in [5.41, 5.74) is 4.54. The predicted molar refractivity (Wildman–Crippen MR) is 125 cm³/mol. The Bertz CT molecular complexity index is 1180. The Morgan fingerprint density at radius 1 is 0.909 bits per heavy atom. The fourth-order valence-corrected chi connectivity index (χ4v) is 2.80. The molecule has 168 valence electrons. The Hall–Kier alpha value is -4.46. The molecule has 0 aliphatic carbocycles. The molecule has 8 heteroatoms. The van der Waals surface area contributed by atoms with Gasteiger partial charge >= 0.3 is 17.8 Å². The molecule has 0 aliphatic heterocycles. The molecule has 0 heterocycles. The van der Waals surface area contributed by atoms with E-state index in [-0.39, 0.29) is 5.75 Å². The van der Waals surface area contributed by atoms with Gasteiger partial charge in [0.2, 0.25) is 0 Å². The van der Waals surface area contributed by atoms with Gasteiger partial charge in [-0.3, -0.25) is 9.59 Å². The third-order valence-electron chi connectivity index (χ3n) is 4.46. The maximum atomic E-state index is 12.3. The molecule has 0 aromatic heterocycles. The van der Waals surface area contributed by atoms with Crippen LogP contribution in [0.4, 0.5) is 5.69 Å². The molecule has 8 nitrogen and oxygen atoms in total. The highest BCUT2D eigenvalue weighted by atomic mass is 16.6. The van der Waals surface area contributed by atoms with E-state index in [0.29, 0.717) is 29.2 Å². The molecule has 0 bridgehead atoms. The molecular formula is C25H23N3O5. The minimum atomic E-state index is -0.909. The van der Waals surface area contributed by atoms with Gasteiger partial charge in [0.1, 0.15) is 0 Å². The van der Waals surface area contributed by atoms with Crippen LogP contribution in [0.5, 0.6) is 11.5 Å². The molecule has 3 aromatic rings. The number of benzene rings is 3. The molecule has 3 aromatic carbocycles. The fourth-order valence-electron chi connectivity index (χ4n) is 2.80. The number of hydrazone groups is 1. The molecule has 2 amide bonds.